The maximum atomic E-state index is 11.9. The molecular weight excluding hydrogens is 350 g/mol. The Morgan fingerprint density at radius 3 is 2.85 bits per heavy atom. The van der Waals surface area contributed by atoms with Crippen LogP contribution in [0.3, 0.4) is 0 Å². The third kappa shape index (κ3) is 2.72. The topological polar surface area (TPSA) is 77.5 Å². The summed E-state index contributed by atoms with van der Waals surface area (Å²) in [6.07, 6.45) is 1.06. The number of hydrogen-bond acceptors (Lipinski definition) is 7. The summed E-state index contributed by atoms with van der Waals surface area (Å²) in [5.74, 6) is 1.07. The molecule has 1 aliphatic carbocycles. The summed E-state index contributed by atoms with van der Waals surface area (Å²) in [4.78, 5) is 14.3. The van der Waals surface area contributed by atoms with Gasteiger partial charge >= 0.3 is 5.97 Å². The van der Waals surface area contributed by atoms with Crippen molar-refractivity contribution in [1.82, 2.24) is 4.90 Å². The predicted octanol–water partition coefficient (Wildman–Crippen LogP) is 1.68. The lowest BCUT2D eigenvalue weighted by Gasteiger charge is -2.46. The zero-order valence-electron chi connectivity index (χ0n) is 15.4. The van der Waals surface area contributed by atoms with Crippen molar-refractivity contribution < 1.29 is 28.8 Å². The fraction of sp³-hybridized carbons (Fsp3) is 0.550. The van der Waals surface area contributed by atoms with Crippen LogP contribution >= 0.6 is 0 Å². The van der Waals surface area contributed by atoms with Gasteiger partial charge in [0.15, 0.2) is 17.8 Å². The second-order valence-corrected chi connectivity index (χ2v) is 7.61. The van der Waals surface area contributed by atoms with E-state index in [4.69, 9.17) is 18.9 Å². The van der Waals surface area contributed by atoms with Crippen molar-refractivity contribution in [2.24, 2.45) is 0 Å². The average Bonchev–Trinajstić information content (AvgIpc) is 3.21. The molecule has 1 fully saturated rings. The third-order valence-corrected chi connectivity index (χ3v) is 5.88. The highest BCUT2D eigenvalue weighted by Crippen LogP contribution is 2.50. The molecule has 0 saturated carbocycles. The van der Waals surface area contributed by atoms with Crippen LogP contribution in [0.2, 0.25) is 0 Å². The molecule has 0 amide bonds. The number of benzene rings is 1. The first kappa shape index (κ1) is 17.0. The van der Waals surface area contributed by atoms with E-state index >= 15 is 0 Å². The minimum absolute atomic E-state index is 0.0709. The number of hydrogen-bond donors (Lipinski definition) is 1. The molecule has 1 aromatic carbocycles. The highest BCUT2D eigenvalue weighted by molar-refractivity contribution is 5.66. The second kappa shape index (κ2) is 6.22. The Balaban J connectivity index is 1.63. The number of rotatable bonds is 3. The van der Waals surface area contributed by atoms with Crippen LogP contribution in [0.4, 0.5) is 0 Å². The van der Waals surface area contributed by atoms with E-state index in [-0.39, 0.29) is 24.7 Å². The van der Waals surface area contributed by atoms with E-state index in [1.807, 2.05) is 18.2 Å². The van der Waals surface area contributed by atoms with Gasteiger partial charge in [-0.2, -0.15) is 0 Å². The first-order valence-corrected chi connectivity index (χ1v) is 9.39. The van der Waals surface area contributed by atoms with Gasteiger partial charge in [0.25, 0.3) is 0 Å². The molecule has 7 heteroatoms. The van der Waals surface area contributed by atoms with E-state index < -0.39 is 18.5 Å². The molecule has 3 aliphatic heterocycles. The van der Waals surface area contributed by atoms with Crippen LogP contribution in [-0.4, -0.2) is 53.9 Å². The van der Waals surface area contributed by atoms with Gasteiger partial charge < -0.3 is 24.1 Å². The number of aliphatic hydroxyl groups excluding tert-OH is 1. The predicted molar refractivity (Wildman–Crippen MR) is 94.3 cm³/mol. The molecule has 27 heavy (non-hydrogen) atoms. The number of carbonyl (C=O) groups is 1. The number of fused-ring (bicyclic) bond motifs is 3. The van der Waals surface area contributed by atoms with Gasteiger partial charge in [-0.25, -0.2) is 0 Å². The van der Waals surface area contributed by atoms with Crippen molar-refractivity contribution in [3.05, 3.63) is 34.9 Å². The molecule has 5 atom stereocenters. The summed E-state index contributed by atoms with van der Waals surface area (Å²) < 4.78 is 22.6. The van der Waals surface area contributed by atoms with Gasteiger partial charge in [-0.05, 0) is 36.6 Å². The Hall–Kier alpha value is -2.09. The lowest BCUT2D eigenvalue weighted by atomic mass is 9.73. The molecule has 0 spiro atoms. The molecule has 3 heterocycles. The molecule has 144 valence electrons. The van der Waals surface area contributed by atoms with Gasteiger partial charge in [-0.15, -0.1) is 0 Å². The minimum atomic E-state index is -0.946. The number of carbonyl (C=O) groups excluding carboxylic acids is 1. The molecule has 0 radical (unpaired) electrons. The summed E-state index contributed by atoms with van der Waals surface area (Å²) in [6, 6.07) is 4.24. The van der Waals surface area contributed by atoms with E-state index in [9.17, 15) is 9.90 Å². The smallest absolute Gasteiger partial charge is 0.303 e. The van der Waals surface area contributed by atoms with E-state index in [0.717, 1.165) is 42.1 Å². The SMILES string of the molecule is CC(=O)O[C@H]1[C@@H]2c3cc4c(cc3CN3CCC(=C[C@@H]1O[C@H](C)O)[C@H]23)OCO4. The van der Waals surface area contributed by atoms with Crippen molar-refractivity contribution >= 4 is 5.97 Å². The highest BCUT2D eigenvalue weighted by Gasteiger charge is 2.51. The van der Waals surface area contributed by atoms with Crippen molar-refractivity contribution in [3.63, 3.8) is 0 Å². The highest BCUT2D eigenvalue weighted by atomic mass is 16.7. The monoisotopic (exact) mass is 373 g/mol. The second-order valence-electron chi connectivity index (χ2n) is 7.61. The summed E-state index contributed by atoms with van der Waals surface area (Å²) in [6.45, 7) is 4.99. The van der Waals surface area contributed by atoms with Crippen LogP contribution < -0.4 is 9.47 Å². The van der Waals surface area contributed by atoms with E-state index in [0.29, 0.717) is 0 Å². The summed E-state index contributed by atoms with van der Waals surface area (Å²) in [5, 5.41) is 9.81. The molecule has 5 rings (SSSR count). The number of ether oxygens (including phenoxy) is 4. The molecule has 1 saturated heterocycles. The van der Waals surface area contributed by atoms with Gasteiger partial charge in [0, 0.05) is 32.0 Å². The Morgan fingerprint density at radius 2 is 2.11 bits per heavy atom. The Morgan fingerprint density at radius 1 is 1.33 bits per heavy atom. The van der Waals surface area contributed by atoms with Crippen molar-refractivity contribution in [2.75, 3.05) is 13.3 Å². The van der Waals surface area contributed by atoms with Gasteiger partial charge in [0.2, 0.25) is 6.79 Å². The summed E-state index contributed by atoms with van der Waals surface area (Å²) in [5.41, 5.74) is 3.56. The lowest BCUT2D eigenvalue weighted by Crippen LogP contribution is -2.52. The molecule has 0 unspecified atom stereocenters. The zero-order valence-corrected chi connectivity index (χ0v) is 15.4. The fourth-order valence-corrected chi connectivity index (χ4v) is 4.99. The Labute approximate surface area is 157 Å². The average molecular weight is 373 g/mol. The fourth-order valence-electron chi connectivity index (χ4n) is 4.99. The van der Waals surface area contributed by atoms with Crippen LogP contribution in [0.5, 0.6) is 11.5 Å². The van der Waals surface area contributed by atoms with E-state index in [2.05, 4.69) is 4.90 Å². The summed E-state index contributed by atoms with van der Waals surface area (Å²) in [7, 11) is 0. The number of aliphatic hydroxyl groups is 1. The van der Waals surface area contributed by atoms with Gasteiger partial charge in [0.1, 0.15) is 12.2 Å². The van der Waals surface area contributed by atoms with Crippen molar-refractivity contribution in [3.8, 4) is 11.5 Å². The van der Waals surface area contributed by atoms with E-state index in [1.165, 1.54) is 12.5 Å². The maximum absolute atomic E-state index is 11.9. The number of esters is 1. The van der Waals surface area contributed by atoms with E-state index in [1.54, 1.807) is 6.92 Å². The minimum Gasteiger partial charge on any atom is -0.459 e. The Kier molecular flexibility index (Phi) is 3.93. The van der Waals surface area contributed by atoms with Crippen LogP contribution in [0.15, 0.2) is 23.8 Å². The molecule has 0 bridgehead atoms. The summed E-state index contributed by atoms with van der Waals surface area (Å²) >= 11 is 0. The molecule has 7 nitrogen and oxygen atoms in total. The Bertz CT molecular complexity index is 819. The van der Waals surface area contributed by atoms with Crippen LogP contribution in [-0.2, 0) is 20.8 Å². The molecule has 1 N–H and O–H groups in total. The molecular formula is C20H23NO6. The van der Waals surface area contributed by atoms with Crippen LogP contribution in [0, 0.1) is 0 Å². The molecule has 1 aromatic rings. The lowest BCUT2D eigenvalue weighted by molar-refractivity contribution is -0.176. The van der Waals surface area contributed by atoms with Crippen LogP contribution in [0.25, 0.3) is 0 Å². The first-order chi connectivity index (χ1) is 13.0. The molecule has 0 aromatic heterocycles. The standard InChI is InChI=1S/C20H23NO6/c1-10(22)26-17-5-12-3-4-21-8-13-6-15-16(25-9-24-15)7-14(13)18(19(12)21)20(17)27-11(2)23/h5-7,10,17-20,22H,3-4,8-9H2,1-2H3/t10-,17+,18-,19-,20-/m1/s1. The van der Waals surface area contributed by atoms with Crippen molar-refractivity contribution in [1.29, 1.82) is 0 Å². The van der Waals surface area contributed by atoms with Crippen molar-refractivity contribution in [2.45, 2.75) is 57.3 Å². The molecule has 4 aliphatic rings. The van der Waals surface area contributed by atoms with Crippen LogP contribution in [0.1, 0.15) is 37.3 Å². The quantitative estimate of drug-likeness (QED) is 0.491. The van der Waals surface area contributed by atoms with Gasteiger partial charge in [-0.3, -0.25) is 9.69 Å². The normalized spacial score (nSPS) is 31.7. The zero-order chi connectivity index (χ0) is 18.7. The van der Waals surface area contributed by atoms with Gasteiger partial charge in [0.05, 0.1) is 0 Å². The van der Waals surface area contributed by atoms with Gasteiger partial charge in [-0.1, -0.05) is 11.6 Å². The first-order valence-electron chi connectivity index (χ1n) is 9.39. The third-order valence-electron chi connectivity index (χ3n) is 5.88. The largest absolute Gasteiger partial charge is 0.459 e. The number of nitrogens with zero attached hydrogens (tertiary/aromatic N) is 1. The maximum Gasteiger partial charge on any atom is 0.303 e.